The molecule has 0 unspecified atom stereocenters. The number of benzene rings is 1. The van der Waals surface area contributed by atoms with Crippen molar-refractivity contribution >= 4 is 5.91 Å². The van der Waals surface area contributed by atoms with E-state index in [1.54, 1.807) is 31.4 Å². The Morgan fingerprint density at radius 3 is 2.67 bits per heavy atom. The van der Waals surface area contributed by atoms with Crippen LogP contribution < -0.4 is 11.1 Å². The molecule has 6 nitrogen and oxygen atoms in total. The molecule has 0 aliphatic heterocycles. The van der Waals surface area contributed by atoms with Gasteiger partial charge in [0, 0.05) is 13.7 Å². The second-order valence-electron chi connectivity index (χ2n) is 4.52. The van der Waals surface area contributed by atoms with E-state index in [9.17, 15) is 4.79 Å². The summed E-state index contributed by atoms with van der Waals surface area (Å²) in [5, 5.41) is 11.4. The monoisotopic (exact) mass is 291 g/mol. The van der Waals surface area contributed by atoms with E-state index in [4.69, 9.17) is 20.5 Å². The summed E-state index contributed by atoms with van der Waals surface area (Å²) in [6, 6.07) is 8.47. The number of carbonyl (C=O) groups excluding carboxylic acids is 1. The van der Waals surface area contributed by atoms with Gasteiger partial charge in [-0.05, 0) is 24.1 Å². The average molecular weight is 291 g/mol. The van der Waals surface area contributed by atoms with Gasteiger partial charge in [-0.1, -0.05) is 12.1 Å². The van der Waals surface area contributed by atoms with Crippen molar-refractivity contribution in [3.05, 3.63) is 35.4 Å². The van der Waals surface area contributed by atoms with Gasteiger partial charge in [0.2, 0.25) is 5.91 Å². The Morgan fingerprint density at radius 2 is 2.05 bits per heavy atom. The number of ether oxygens (including phenoxy) is 2. The van der Waals surface area contributed by atoms with Crippen molar-refractivity contribution < 1.29 is 14.3 Å². The van der Waals surface area contributed by atoms with Crippen molar-refractivity contribution in [1.82, 2.24) is 5.32 Å². The summed E-state index contributed by atoms with van der Waals surface area (Å²) in [6.45, 7) is 1.89. The molecular weight excluding hydrogens is 270 g/mol. The van der Waals surface area contributed by atoms with E-state index in [-0.39, 0.29) is 5.91 Å². The minimum atomic E-state index is -0.614. The standard InChI is InChI=1S/C15H21N3O3/c1-20-8-9-21-7-6-18-15(19)14(17)10-12-2-4-13(11-16)5-3-12/h2-5,14H,6-10,17H2,1H3,(H,18,19)/t14-/m0/s1. The molecule has 6 heteroatoms. The average Bonchev–Trinajstić information content (AvgIpc) is 2.51. The molecular formula is C15H21N3O3. The number of hydrogen-bond donors (Lipinski definition) is 2. The molecule has 114 valence electrons. The first-order valence-corrected chi connectivity index (χ1v) is 6.76. The lowest BCUT2D eigenvalue weighted by Gasteiger charge is -2.12. The summed E-state index contributed by atoms with van der Waals surface area (Å²) >= 11 is 0. The predicted molar refractivity (Wildman–Crippen MR) is 78.5 cm³/mol. The van der Waals surface area contributed by atoms with E-state index < -0.39 is 6.04 Å². The fraction of sp³-hybridized carbons (Fsp3) is 0.467. The van der Waals surface area contributed by atoms with Gasteiger partial charge in [0.1, 0.15) is 0 Å². The summed E-state index contributed by atoms with van der Waals surface area (Å²) in [5.74, 6) is -0.213. The zero-order valence-electron chi connectivity index (χ0n) is 12.2. The normalized spacial score (nSPS) is 11.7. The number of nitriles is 1. The summed E-state index contributed by atoms with van der Waals surface area (Å²) in [5.41, 5.74) is 7.36. The van der Waals surface area contributed by atoms with Gasteiger partial charge in [0.25, 0.3) is 0 Å². The summed E-state index contributed by atoms with van der Waals surface area (Å²) in [7, 11) is 1.60. The molecule has 0 saturated carbocycles. The highest BCUT2D eigenvalue weighted by molar-refractivity contribution is 5.81. The Balaban J connectivity index is 2.25. The molecule has 0 saturated heterocycles. The van der Waals surface area contributed by atoms with Crippen molar-refractivity contribution in [2.24, 2.45) is 5.73 Å². The van der Waals surface area contributed by atoms with Gasteiger partial charge in [0.05, 0.1) is 37.5 Å². The molecule has 0 bridgehead atoms. The molecule has 0 aliphatic carbocycles. The maximum Gasteiger partial charge on any atom is 0.237 e. The van der Waals surface area contributed by atoms with E-state index in [1.807, 2.05) is 6.07 Å². The number of rotatable bonds is 9. The van der Waals surface area contributed by atoms with Gasteiger partial charge >= 0.3 is 0 Å². The Bertz CT molecular complexity index is 468. The van der Waals surface area contributed by atoms with Crippen molar-refractivity contribution in [2.45, 2.75) is 12.5 Å². The number of hydrogen-bond acceptors (Lipinski definition) is 5. The number of amides is 1. The second kappa shape index (κ2) is 9.88. The van der Waals surface area contributed by atoms with Crippen LogP contribution >= 0.6 is 0 Å². The summed E-state index contributed by atoms with van der Waals surface area (Å²) in [4.78, 5) is 11.8. The van der Waals surface area contributed by atoms with Gasteiger partial charge in [0.15, 0.2) is 0 Å². The smallest absolute Gasteiger partial charge is 0.237 e. The lowest BCUT2D eigenvalue weighted by molar-refractivity contribution is -0.122. The summed E-state index contributed by atoms with van der Waals surface area (Å²) < 4.78 is 10.1. The molecule has 0 spiro atoms. The molecule has 1 atom stereocenters. The molecule has 1 aromatic rings. The third-order valence-corrected chi connectivity index (χ3v) is 2.85. The number of nitrogens with one attached hydrogen (secondary N) is 1. The van der Waals surface area contributed by atoms with Gasteiger partial charge in [-0.3, -0.25) is 4.79 Å². The molecule has 1 amide bonds. The minimum Gasteiger partial charge on any atom is -0.382 e. The molecule has 0 fully saturated rings. The van der Waals surface area contributed by atoms with Crippen LogP contribution in [-0.4, -0.2) is 45.4 Å². The van der Waals surface area contributed by atoms with Crippen LogP contribution in [-0.2, 0) is 20.7 Å². The number of nitrogens with zero attached hydrogens (tertiary/aromatic N) is 1. The lowest BCUT2D eigenvalue weighted by Crippen LogP contribution is -2.43. The third-order valence-electron chi connectivity index (χ3n) is 2.85. The third kappa shape index (κ3) is 6.86. The van der Waals surface area contributed by atoms with Crippen molar-refractivity contribution in [3.63, 3.8) is 0 Å². The fourth-order valence-electron chi connectivity index (χ4n) is 1.68. The minimum absolute atomic E-state index is 0.213. The molecule has 21 heavy (non-hydrogen) atoms. The maximum absolute atomic E-state index is 11.8. The van der Waals surface area contributed by atoms with Crippen LogP contribution in [0.25, 0.3) is 0 Å². The van der Waals surface area contributed by atoms with Crippen LogP contribution in [0.3, 0.4) is 0 Å². The van der Waals surface area contributed by atoms with Crippen molar-refractivity contribution in [3.8, 4) is 6.07 Å². The first-order chi connectivity index (χ1) is 10.2. The van der Waals surface area contributed by atoms with E-state index in [1.165, 1.54) is 0 Å². The Labute approximate surface area is 124 Å². The first kappa shape index (κ1) is 17.1. The maximum atomic E-state index is 11.8. The molecule has 0 aliphatic rings. The number of methoxy groups -OCH3 is 1. The van der Waals surface area contributed by atoms with Crippen molar-refractivity contribution in [2.75, 3.05) is 33.5 Å². The van der Waals surface area contributed by atoms with Crippen LogP contribution in [0.2, 0.25) is 0 Å². The Kier molecular flexibility index (Phi) is 8.05. The van der Waals surface area contributed by atoms with Crippen LogP contribution in [0.1, 0.15) is 11.1 Å². The molecule has 0 aromatic heterocycles. The first-order valence-electron chi connectivity index (χ1n) is 6.76. The van der Waals surface area contributed by atoms with Crippen LogP contribution in [0.4, 0.5) is 0 Å². The van der Waals surface area contributed by atoms with Crippen LogP contribution in [0.15, 0.2) is 24.3 Å². The fourth-order valence-corrected chi connectivity index (χ4v) is 1.68. The SMILES string of the molecule is COCCOCCNC(=O)[C@@H](N)Cc1ccc(C#N)cc1. The molecule has 1 aromatic carbocycles. The van der Waals surface area contributed by atoms with Gasteiger partial charge < -0.3 is 20.5 Å². The largest absolute Gasteiger partial charge is 0.382 e. The molecule has 0 radical (unpaired) electrons. The Hall–Kier alpha value is -1.94. The van der Waals surface area contributed by atoms with E-state index >= 15 is 0 Å². The van der Waals surface area contributed by atoms with Crippen LogP contribution in [0, 0.1) is 11.3 Å². The highest BCUT2D eigenvalue weighted by Crippen LogP contribution is 2.05. The molecule has 3 N–H and O–H groups in total. The van der Waals surface area contributed by atoms with Crippen molar-refractivity contribution in [1.29, 1.82) is 5.26 Å². The topological polar surface area (TPSA) is 97.4 Å². The van der Waals surface area contributed by atoms with E-state index in [2.05, 4.69) is 5.32 Å². The van der Waals surface area contributed by atoms with Gasteiger partial charge in [-0.25, -0.2) is 0 Å². The number of nitrogens with two attached hydrogens (primary N) is 1. The van der Waals surface area contributed by atoms with E-state index in [0.29, 0.717) is 38.3 Å². The quantitative estimate of drug-likeness (QED) is 0.634. The van der Waals surface area contributed by atoms with Gasteiger partial charge in [-0.2, -0.15) is 5.26 Å². The van der Waals surface area contributed by atoms with E-state index in [0.717, 1.165) is 5.56 Å². The highest BCUT2D eigenvalue weighted by atomic mass is 16.5. The highest BCUT2D eigenvalue weighted by Gasteiger charge is 2.13. The molecule has 1 rings (SSSR count). The predicted octanol–water partition coefficient (Wildman–Crippen LogP) is 0.207. The second-order valence-corrected chi connectivity index (χ2v) is 4.52. The molecule has 0 heterocycles. The van der Waals surface area contributed by atoms with Gasteiger partial charge in [-0.15, -0.1) is 0 Å². The van der Waals surface area contributed by atoms with Crippen LogP contribution in [0.5, 0.6) is 0 Å². The summed E-state index contributed by atoms with van der Waals surface area (Å²) in [6.07, 6.45) is 0.433. The number of carbonyl (C=O) groups is 1. The zero-order valence-corrected chi connectivity index (χ0v) is 12.2. The lowest BCUT2D eigenvalue weighted by atomic mass is 10.0. The Morgan fingerprint density at radius 1 is 1.33 bits per heavy atom. The zero-order chi connectivity index (χ0) is 15.5.